The average Bonchev–Trinajstić information content (AvgIpc) is 3.83. The largest absolute Gasteiger partial charge is 0.476 e. The minimum atomic E-state index is -0.600. The predicted octanol–water partition coefficient (Wildman–Crippen LogP) is 5.39. The molecule has 2 atom stereocenters. The van der Waals surface area contributed by atoms with Crippen molar-refractivity contribution in [2.45, 2.75) is 56.0 Å². The van der Waals surface area contributed by atoms with Gasteiger partial charge in [-0.2, -0.15) is 9.97 Å². The first kappa shape index (κ1) is 29.7. The fourth-order valence-corrected chi connectivity index (χ4v) is 7.59. The van der Waals surface area contributed by atoms with Gasteiger partial charge in [0.1, 0.15) is 23.6 Å². The first-order valence-corrected chi connectivity index (χ1v) is 16.4. The van der Waals surface area contributed by atoms with Crippen molar-refractivity contribution in [1.29, 1.82) is 0 Å². The van der Waals surface area contributed by atoms with Gasteiger partial charge in [0, 0.05) is 18.0 Å². The molecule has 232 valence electrons. The lowest BCUT2D eigenvalue weighted by Gasteiger charge is -2.35. The Balaban J connectivity index is 1.52. The van der Waals surface area contributed by atoms with Crippen molar-refractivity contribution in [2.75, 3.05) is 30.3 Å². The van der Waals surface area contributed by atoms with Crippen LogP contribution >= 0.6 is 23.4 Å². The molecule has 2 bridgehead atoms. The number of fused-ring (bicyclic) bond motifs is 6. The number of nitrogens with zero attached hydrogens (tertiary/aromatic N) is 7. The van der Waals surface area contributed by atoms with Gasteiger partial charge in [0.25, 0.3) is 0 Å². The van der Waals surface area contributed by atoms with Crippen LogP contribution in [0.15, 0.2) is 52.9 Å². The smallest absolute Gasteiger partial charge is 0.356 e. The van der Waals surface area contributed by atoms with E-state index >= 15 is 4.39 Å². The summed E-state index contributed by atoms with van der Waals surface area (Å²) in [5, 5.41) is 0.743. The maximum Gasteiger partial charge on any atom is 0.356 e. The quantitative estimate of drug-likeness (QED) is 0.271. The first-order valence-electron chi connectivity index (χ1n) is 15.0. The van der Waals surface area contributed by atoms with E-state index in [-0.39, 0.29) is 51.7 Å². The van der Waals surface area contributed by atoms with E-state index in [1.54, 1.807) is 12.1 Å². The second-order valence-electron chi connectivity index (χ2n) is 11.6. The first-order chi connectivity index (χ1) is 21.8. The van der Waals surface area contributed by atoms with E-state index < -0.39 is 11.5 Å². The fourth-order valence-electron chi connectivity index (χ4n) is 6.26. The van der Waals surface area contributed by atoms with Crippen LogP contribution in [0.25, 0.3) is 28.0 Å². The minimum Gasteiger partial charge on any atom is -0.476 e. The Kier molecular flexibility index (Phi) is 7.73. The van der Waals surface area contributed by atoms with Crippen molar-refractivity contribution >= 4 is 46.1 Å². The molecule has 2 aliphatic heterocycles. The summed E-state index contributed by atoms with van der Waals surface area (Å²) in [4.78, 5) is 49.8. The molecule has 2 fully saturated rings. The number of carbonyl (C=O) groups is 1. The van der Waals surface area contributed by atoms with Gasteiger partial charge in [-0.05, 0) is 55.2 Å². The molecule has 0 spiro atoms. The number of carbonyl (C=O) groups excluding carboxylic acids is 1. The minimum absolute atomic E-state index is 0.00940. The number of benzene rings is 1. The van der Waals surface area contributed by atoms with E-state index in [2.05, 4.69) is 21.5 Å². The van der Waals surface area contributed by atoms with E-state index in [1.807, 2.05) is 29.7 Å². The lowest BCUT2D eigenvalue weighted by molar-refractivity contribution is -0.126. The molecule has 13 heteroatoms. The van der Waals surface area contributed by atoms with Gasteiger partial charge in [-0.25, -0.2) is 23.7 Å². The van der Waals surface area contributed by atoms with Crippen molar-refractivity contribution in [3.05, 3.63) is 70.3 Å². The highest BCUT2D eigenvalue weighted by Crippen LogP contribution is 2.44. The summed E-state index contributed by atoms with van der Waals surface area (Å²) in [6.07, 6.45) is 5.04. The zero-order valence-corrected chi connectivity index (χ0v) is 26.4. The topological polar surface area (TPSA) is 106 Å². The van der Waals surface area contributed by atoms with Crippen LogP contribution in [-0.4, -0.2) is 72.8 Å². The molecule has 7 rings (SSSR count). The van der Waals surface area contributed by atoms with E-state index in [0.29, 0.717) is 47.2 Å². The number of ether oxygens (including phenoxy) is 1. The highest BCUT2D eigenvalue weighted by Gasteiger charge is 2.51. The molecule has 0 unspecified atom stereocenters. The number of hydrogen-bond donors (Lipinski definition) is 0. The highest BCUT2D eigenvalue weighted by molar-refractivity contribution is 7.99. The van der Waals surface area contributed by atoms with Crippen LogP contribution < -0.4 is 15.3 Å². The van der Waals surface area contributed by atoms with Crippen LogP contribution in [0.2, 0.25) is 5.02 Å². The van der Waals surface area contributed by atoms with E-state index in [4.69, 9.17) is 21.3 Å². The van der Waals surface area contributed by atoms with Crippen LogP contribution in [0.3, 0.4) is 0 Å². The maximum absolute atomic E-state index is 15.7. The van der Waals surface area contributed by atoms with Crippen molar-refractivity contribution in [3.8, 4) is 22.8 Å². The standard InChI is InChI=1S/C32H31ClFN7O3S/c1-4-24(42)39-10-11-40(22-15-21(22)39)29-18-14-19(33)27-25-20(34)8-7-9-23(25)45-13-6-5-12-44-31-28(26(17(2)3)35-16-36-31)41(30(18)37-27)32(43)38-29/h4,7-9,14,16-17,21-22H,1,5-6,10-13,15H2,2-3H3/t21-,22+/m1/s1. The number of rotatable bonds is 3. The Morgan fingerprint density at radius 1 is 1.20 bits per heavy atom. The number of anilines is 1. The van der Waals surface area contributed by atoms with Crippen molar-refractivity contribution < 1.29 is 13.9 Å². The molecule has 4 aromatic rings. The van der Waals surface area contributed by atoms with Gasteiger partial charge in [-0.15, -0.1) is 11.8 Å². The summed E-state index contributed by atoms with van der Waals surface area (Å²) in [5.41, 5.74) is 1.09. The summed E-state index contributed by atoms with van der Waals surface area (Å²) in [7, 11) is 0. The van der Waals surface area contributed by atoms with Gasteiger partial charge >= 0.3 is 5.69 Å². The molecule has 1 saturated carbocycles. The molecule has 0 radical (unpaired) electrons. The van der Waals surface area contributed by atoms with Gasteiger partial charge in [-0.1, -0.05) is 38.1 Å². The number of aromatic nitrogens is 5. The molecule has 1 aliphatic carbocycles. The van der Waals surface area contributed by atoms with Crippen LogP contribution in [0.4, 0.5) is 10.2 Å². The number of pyridine rings is 1. The molecule has 45 heavy (non-hydrogen) atoms. The summed E-state index contributed by atoms with van der Waals surface area (Å²) < 4.78 is 23.2. The maximum atomic E-state index is 15.7. The number of hydrogen-bond acceptors (Lipinski definition) is 9. The Hall–Kier alpha value is -4.03. The summed E-state index contributed by atoms with van der Waals surface area (Å²) in [6.45, 7) is 8.86. The lowest BCUT2D eigenvalue weighted by Crippen LogP contribution is -2.49. The van der Waals surface area contributed by atoms with Crippen LogP contribution in [0.1, 0.15) is 44.7 Å². The molecule has 1 amide bonds. The SMILES string of the molecule is C=CC(=O)N1CCN(c2nc(=O)n3c4nc(c(Cl)cc24)-c2c(F)cccc2SCCCCOc2ncnc(C(C)C)c2-3)[C@H]2C[C@H]21. The molecular weight excluding hydrogens is 617 g/mol. The number of amides is 1. The second kappa shape index (κ2) is 11.7. The van der Waals surface area contributed by atoms with Crippen molar-refractivity contribution in [2.24, 2.45) is 0 Å². The highest BCUT2D eigenvalue weighted by atomic mass is 35.5. The fraction of sp³-hybridized carbons (Fsp3) is 0.375. The number of piperazine rings is 1. The molecule has 1 saturated heterocycles. The van der Waals surface area contributed by atoms with Crippen LogP contribution in [0, 0.1) is 5.82 Å². The Morgan fingerprint density at radius 2 is 2.04 bits per heavy atom. The van der Waals surface area contributed by atoms with Gasteiger partial charge < -0.3 is 14.5 Å². The molecule has 5 heterocycles. The Bertz CT molecular complexity index is 1920. The Labute approximate surface area is 268 Å². The monoisotopic (exact) mass is 647 g/mol. The zero-order valence-electron chi connectivity index (χ0n) is 24.9. The molecule has 3 aliphatic rings. The third kappa shape index (κ3) is 5.13. The number of thioether (sulfide) groups is 1. The van der Waals surface area contributed by atoms with E-state index in [1.165, 1.54) is 34.8 Å². The zero-order chi connectivity index (χ0) is 31.4. The number of halogens is 2. The van der Waals surface area contributed by atoms with Gasteiger partial charge in [0.15, 0.2) is 5.65 Å². The summed E-state index contributed by atoms with van der Waals surface area (Å²) in [6, 6.07) is 6.60. The van der Waals surface area contributed by atoms with Gasteiger partial charge in [0.05, 0.1) is 46.1 Å². The van der Waals surface area contributed by atoms with Gasteiger partial charge in [0.2, 0.25) is 11.8 Å². The average molecular weight is 648 g/mol. The van der Waals surface area contributed by atoms with Crippen LogP contribution in [-0.2, 0) is 4.79 Å². The van der Waals surface area contributed by atoms with Crippen molar-refractivity contribution in [3.63, 3.8) is 0 Å². The lowest BCUT2D eigenvalue weighted by atomic mass is 10.1. The predicted molar refractivity (Wildman–Crippen MR) is 172 cm³/mol. The molecule has 10 nitrogen and oxygen atoms in total. The molecule has 1 aromatic carbocycles. The van der Waals surface area contributed by atoms with Crippen molar-refractivity contribution in [1.82, 2.24) is 29.4 Å². The summed E-state index contributed by atoms with van der Waals surface area (Å²) >= 11 is 8.49. The van der Waals surface area contributed by atoms with E-state index in [0.717, 1.165) is 25.0 Å². The normalized spacial score (nSPS) is 19.4. The third-order valence-electron chi connectivity index (χ3n) is 8.47. The third-order valence-corrected chi connectivity index (χ3v) is 9.90. The molecule has 3 aromatic heterocycles. The summed E-state index contributed by atoms with van der Waals surface area (Å²) in [5.74, 6) is 0.729. The van der Waals surface area contributed by atoms with E-state index in [9.17, 15) is 9.59 Å². The molecule has 0 N–H and O–H groups in total. The Morgan fingerprint density at radius 3 is 2.84 bits per heavy atom. The van der Waals surface area contributed by atoms with Crippen LogP contribution in [0.5, 0.6) is 5.88 Å². The molecular formula is C32H31ClFN7O3S. The van der Waals surface area contributed by atoms with Gasteiger partial charge in [-0.3, -0.25) is 4.79 Å². The second-order valence-corrected chi connectivity index (χ2v) is 13.2.